The number of nitrogens with one attached hydrogen (secondary N) is 1. The third-order valence-electron chi connectivity index (χ3n) is 3.78. The number of urea groups is 1. The van der Waals surface area contributed by atoms with Gasteiger partial charge in [-0.1, -0.05) is 12.8 Å². The maximum absolute atomic E-state index is 12.0. The van der Waals surface area contributed by atoms with Crippen LogP contribution in [0.2, 0.25) is 0 Å². The third-order valence-corrected chi connectivity index (χ3v) is 4.99. The van der Waals surface area contributed by atoms with Crippen molar-refractivity contribution in [2.75, 3.05) is 18.9 Å². The number of carbonyl (C=O) groups excluding carboxylic acids is 1. The number of rotatable bonds is 5. The Labute approximate surface area is 123 Å². The molecule has 1 aliphatic carbocycles. The highest BCUT2D eigenvalue weighted by molar-refractivity contribution is 8.00. The molecule has 20 heavy (non-hydrogen) atoms. The lowest BCUT2D eigenvalue weighted by atomic mass is 10.3. The average Bonchev–Trinajstić information content (AvgIpc) is 3.03. The molecule has 1 saturated heterocycles. The number of aliphatic carboxylic acids is 1. The number of thioether (sulfide) groups is 1. The Morgan fingerprint density at radius 2 is 2.10 bits per heavy atom. The molecule has 1 heterocycles. The van der Waals surface area contributed by atoms with Crippen LogP contribution >= 0.6 is 11.8 Å². The smallest absolute Gasteiger partial charge is 0.327 e. The second-order valence-electron chi connectivity index (χ2n) is 5.20. The van der Waals surface area contributed by atoms with Gasteiger partial charge in [-0.2, -0.15) is 0 Å². The van der Waals surface area contributed by atoms with E-state index in [1.165, 1.54) is 29.5 Å². The first kappa shape index (κ1) is 15.4. The van der Waals surface area contributed by atoms with E-state index in [-0.39, 0.29) is 11.4 Å². The largest absolute Gasteiger partial charge is 0.480 e. The second kappa shape index (κ2) is 7.17. The SMILES string of the molecule is CC1SCC(C(=O)O)N1C(=O)NCCOC1CCCC1. The van der Waals surface area contributed by atoms with E-state index in [0.29, 0.717) is 25.0 Å². The van der Waals surface area contributed by atoms with Crippen LogP contribution in [0.25, 0.3) is 0 Å². The molecule has 1 aliphatic heterocycles. The molecule has 6 nitrogen and oxygen atoms in total. The number of nitrogens with zero attached hydrogens (tertiary/aromatic N) is 1. The highest BCUT2D eigenvalue weighted by atomic mass is 32.2. The number of carbonyl (C=O) groups is 2. The van der Waals surface area contributed by atoms with Crippen LogP contribution in [-0.2, 0) is 9.53 Å². The Kier molecular flexibility index (Phi) is 5.54. The Bertz CT molecular complexity index is 360. The molecule has 0 aromatic heterocycles. The lowest BCUT2D eigenvalue weighted by molar-refractivity contribution is -0.141. The summed E-state index contributed by atoms with van der Waals surface area (Å²) in [6, 6.07) is -1.05. The summed E-state index contributed by atoms with van der Waals surface area (Å²) in [6.45, 7) is 2.77. The molecule has 2 amide bonds. The van der Waals surface area contributed by atoms with Gasteiger partial charge in [0.25, 0.3) is 0 Å². The van der Waals surface area contributed by atoms with Gasteiger partial charge in [0.15, 0.2) is 0 Å². The van der Waals surface area contributed by atoms with Gasteiger partial charge < -0.3 is 15.2 Å². The van der Waals surface area contributed by atoms with E-state index in [4.69, 9.17) is 9.84 Å². The summed E-state index contributed by atoms with van der Waals surface area (Å²) in [5, 5.41) is 11.8. The molecular weight excluding hydrogens is 280 g/mol. The van der Waals surface area contributed by atoms with Gasteiger partial charge in [0.2, 0.25) is 0 Å². The third kappa shape index (κ3) is 3.79. The number of carboxylic acids is 1. The van der Waals surface area contributed by atoms with Crippen LogP contribution in [0, 0.1) is 0 Å². The van der Waals surface area contributed by atoms with Crippen LogP contribution in [-0.4, -0.2) is 58.4 Å². The first-order chi connectivity index (χ1) is 9.59. The molecular formula is C13H22N2O4S. The number of amides is 2. The first-order valence-electron chi connectivity index (χ1n) is 7.11. The molecule has 2 N–H and O–H groups in total. The van der Waals surface area contributed by atoms with E-state index in [1.807, 2.05) is 6.92 Å². The zero-order chi connectivity index (χ0) is 14.5. The van der Waals surface area contributed by atoms with Gasteiger partial charge >= 0.3 is 12.0 Å². The summed E-state index contributed by atoms with van der Waals surface area (Å²) >= 11 is 1.48. The first-order valence-corrected chi connectivity index (χ1v) is 8.16. The zero-order valence-corrected chi connectivity index (χ0v) is 12.5. The van der Waals surface area contributed by atoms with E-state index >= 15 is 0 Å². The van der Waals surface area contributed by atoms with Gasteiger partial charge in [0.05, 0.1) is 18.1 Å². The topological polar surface area (TPSA) is 78.9 Å². The quantitative estimate of drug-likeness (QED) is 0.753. The lowest BCUT2D eigenvalue weighted by Gasteiger charge is -2.25. The standard InChI is InChI=1S/C13H22N2O4S/c1-9-15(11(8-20-9)12(16)17)13(18)14-6-7-19-10-4-2-3-5-10/h9-11H,2-8H2,1H3,(H,14,18)(H,16,17). The monoisotopic (exact) mass is 302 g/mol. The van der Waals surface area contributed by atoms with Crippen LogP contribution < -0.4 is 5.32 Å². The van der Waals surface area contributed by atoms with Crippen LogP contribution in [0.4, 0.5) is 4.79 Å². The fraction of sp³-hybridized carbons (Fsp3) is 0.846. The highest BCUT2D eigenvalue weighted by Gasteiger charge is 2.39. The number of ether oxygens (including phenoxy) is 1. The van der Waals surface area contributed by atoms with Gasteiger partial charge in [-0.15, -0.1) is 11.8 Å². The van der Waals surface area contributed by atoms with Crippen molar-refractivity contribution in [2.24, 2.45) is 0 Å². The van der Waals surface area contributed by atoms with E-state index in [2.05, 4.69) is 5.32 Å². The van der Waals surface area contributed by atoms with E-state index in [0.717, 1.165) is 12.8 Å². The Morgan fingerprint density at radius 3 is 2.75 bits per heavy atom. The van der Waals surface area contributed by atoms with Crippen molar-refractivity contribution in [3.8, 4) is 0 Å². The van der Waals surface area contributed by atoms with Crippen LogP contribution in [0.1, 0.15) is 32.6 Å². The molecule has 2 rings (SSSR count). The molecule has 2 unspecified atom stereocenters. The van der Waals surface area contributed by atoms with Crippen molar-refractivity contribution >= 4 is 23.8 Å². The molecule has 114 valence electrons. The minimum atomic E-state index is -0.945. The normalized spacial score (nSPS) is 26.9. The fourth-order valence-corrected chi connectivity index (χ4v) is 3.84. The van der Waals surface area contributed by atoms with Crippen molar-refractivity contribution in [3.05, 3.63) is 0 Å². The van der Waals surface area contributed by atoms with Gasteiger partial charge in [-0.25, -0.2) is 9.59 Å². The van der Waals surface area contributed by atoms with Crippen molar-refractivity contribution in [3.63, 3.8) is 0 Å². The number of hydrogen-bond acceptors (Lipinski definition) is 4. The van der Waals surface area contributed by atoms with Gasteiger partial charge in [-0.3, -0.25) is 4.90 Å². The van der Waals surface area contributed by atoms with E-state index < -0.39 is 12.0 Å². The van der Waals surface area contributed by atoms with E-state index in [1.54, 1.807) is 0 Å². The maximum Gasteiger partial charge on any atom is 0.327 e. The van der Waals surface area contributed by atoms with Crippen molar-refractivity contribution in [1.29, 1.82) is 0 Å². The predicted molar refractivity (Wildman–Crippen MR) is 76.8 cm³/mol. The van der Waals surface area contributed by atoms with Gasteiger partial charge in [0.1, 0.15) is 6.04 Å². The summed E-state index contributed by atoms with van der Waals surface area (Å²) < 4.78 is 5.66. The van der Waals surface area contributed by atoms with Crippen LogP contribution in [0.5, 0.6) is 0 Å². The molecule has 0 radical (unpaired) electrons. The fourth-order valence-electron chi connectivity index (χ4n) is 2.67. The number of carboxylic acid groups (broad SMARTS) is 1. The minimum absolute atomic E-state index is 0.105. The molecule has 0 aromatic carbocycles. The van der Waals surface area contributed by atoms with Gasteiger partial charge in [-0.05, 0) is 19.8 Å². The zero-order valence-electron chi connectivity index (χ0n) is 11.7. The molecule has 2 aliphatic rings. The minimum Gasteiger partial charge on any atom is -0.480 e. The molecule has 0 spiro atoms. The lowest BCUT2D eigenvalue weighted by Crippen LogP contribution is -2.50. The maximum atomic E-state index is 12.0. The second-order valence-corrected chi connectivity index (χ2v) is 6.55. The summed E-state index contributed by atoms with van der Waals surface area (Å²) in [5.74, 6) is -0.498. The summed E-state index contributed by atoms with van der Waals surface area (Å²) in [7, 11) is 0. The average molecular weight is 302 g/mol. The molecule has 2 atom stereocenters. The summed E-state index contributed by atoms with van der Waals surface area (Å²) in [4.78, 5) is 24.6. The van der Waals surface area contributed by atoms with Crippen molar-refractivity contribution < 1.29 is 19.4 Å². The predicted octanol–water partition coefficient (Wildman–Crippen LogP) is 1.50. The summed E-state index contributed by atoms with van der Waals surface area (Å²) in [6.07, 6.45) is 4.99. The Hall–Kier alpha value is -0.950. The Morgan fingerprint density at radius 1 is 1.40 bits per heavy atom. The Balaban J connectivity index is 1.71. The molecule has 0 bridgehead atoms. The van der Waals surface area contributed by atoms with Gasteiger partial charge in [0, 0.05) is 12.3 Å². The molecule has 1 saturated carbocycles. The van der Waals surface area contributed by atoms with Crippen LogP contribution in [0.15, 0.2) is 0 Å². The van der Waals surface area contributed by atoms with Crippen molar-refractivity contribution in [2.45, 2.75) is 50.1 Å². The van der Waals surface area contributed by atoms with Crippen LogP contribution in [0.3, 0.4) is 0 Å². The molecule has 0 aromatic rings. The molecule has 2 fully saturated rings. The summed E-state index contributed by atoms with van der Waals surface area (Å²) in [5.41, 5.74) is 0. The van der Waals surface area contributed by atoms with E-state index in [9.17, 15) is 9.59 Å². The highest BCUT2D eigenvalue weighted by Crippen LogP contribution is 2.28. The number of hydrogen-bond donors (Lipinski definition) is 2. The molecule has 7 heteroatoms. The van der Waals surface area contributed by atoms with Crippen molar-refractivity contribution in [1.82, 2.24) is 10.2 Å².